The van der Waals surface area contributed by atoms with Crippen molar-refractivity contribution in [2.75, 3.05) is 5.32 Å². The maximum absolute atomic E-state index is 6.23. The number of hydrogen-bond acceptors (Lipinski definition) is 1. The molecule has 3 aromatic carbocycles. The fourth-order valence-electron chi connectivity index (χ4n) is 2.55. The number of hydrogen-bond donors (Lipinski definition) is 1. The van der Waals surface area contributed by atoms with E-state index in [4.69, 9.17) is 23.2 Å². The van der Waals surface area contributed by atoms with Crippen LogP contribution < -0.4 is 5.32 Å². The summed E-state index contributed by atoms with van der Waals surface area (Å²) in [5.41, 5.74) is 2.14. The lowest BCUT2D eigenvalue weighted by Crippen LogP contribution is -2.07. The molecule has 3 rings (SSSR count). The van der Waals surface area contributed by atoms with Crippen molar-refractivity contribution in [2.24, 2.45) is 0 Å². The molecule has 0 bridgehead atoms. The van der Waals surface area contributed by atoms with Gasteiger partial charge in [0.15, 0.2) is 0 Å². The third-order valence-corrected chi connectivity index (χ3v) is 4.14. The molecule has 0 spiro atoms. The average Bonchev–Trinajstić information content (AvgIpc) is 2.49. The van der Waals surface area contributed by atoms with Gasteiger partial charge in [-0.15, -0.1) is 0 Å². The third-order valence-electron chi connectivity index (χ3n) is 3.59. The molecule has 0 aromatic heterocycles. The van der Waals surface area contributed by atoms with Crippen molar-refractivity contribution in [2.45, 2.75) is 13.0 Å². The van der Waals surface area contributed by atoms with E-state index in [2.05, 4.69) is 54.7 Å². The van der Waals surface area contributed by atoms with Gasteiger partial charge in [0, 0.05) is 11.1 Å². The lowest BCUT2D eigenvalue weighted by Gasteiger charge is -2.18. The number of rotatable bonds is 3. The van der Waals surface area contributed by atoms with Crippen LogP contribution >= 0.6 is 23.2 Å². The van der Waals surface area contributed by atoms with Crippen LogP contribution in [0, 0.1) is 0 Å². The molecule has 0 heterocycles. The Morgan fingerprint density at radius 2 is 1.67 bits per heavy atom. The summed E-state index contributed by atoms with van der Waals surface area (Å²) in [6.45, 7) is 2.13. The molecule has 1 unspecified atom stereocenters. The van der Waals surface area contributed by atoms with Crippen LogP contribution in [-0.4, -0.2) is 0 Å². The molecule has 1 nitrogen and oxygen atoms in total. The molecule has 0 aliphatic heterocycles. The predicted octanol–water partition coefficient (Wildman–Crippen LogP) is 6.32. The largest absolute Gasteiger partial charge is 0.377 e. The second-order valence-electron chi connectivity index (χ2n) is 5.06. The van der Waals surface area contributed by atoms with E-state index in [0.717, 1.165) is 5.69 Å². The van der Waals surface area contributed by atoms with Crippen LogP contribution in [0.15, 0.2) is 60.7 Å². The summed E-state index contributed by atoms with van der Waals surface area (Å²) < 4.78 is 0. The van der Waals surface area contributed by atoms with Gasteiger partial charge >= 0.3 is 0 Å². The zero-order chi connectivity index (χ0) is 14.8. The van der Waals surface area contributed by atoms with E-state index in [1.807, 2.05) is 12.1 Å². The van der Waals surface area contributed by atoms with Crippen molar-refractivity contribution in [1.82, 2.24) is 0 Å². The minimum atomic E-state index is 0.148. The van der Waals surface area contributed by atoms with Crippen molar-refractivity contribution in [3.05, 3.63) is 76.3 Å². The Morgan fingerprint density at radius 3 is 2.48 bits per heavy atom. The van der Waals surface area contributed by atoms with Gasteiger partial charge in [-0.3, -0.25) is 0 Å². The molecule has 106 valence electrons. The second kappa shape index (κ2) is 5.97. The van der Waals surface area contributed by atoms with Crippen molar-refractivity contribution in [1.29, 1.82) is 0 Å². The fraction of sp³-hybridized carbons (Fsp3) is 0.111. The molecule has 0 amide bonds. The van der Waals surface area contributed by atoms with Gasteiger partial charge in [0.25, 0.3) is 0 Å². The van der Waals surface area contributed by atoms with E-state index in [-0.39, 0.29) is 6.04 Å². The molecular weight excluding hydrogens is 301 g/mol. The third kappa shape index (κ3) is 2.99. The standard InChI is InChI=1S/C18H15Cl2N/c1-12(21-18-10-9-14(19)11-17(18)20)15-8-4-6-13-5-2-3-7-16(13)15/h2-12,21H,1H3. The van der Waals surface area contributed by atoms with Crippen LogP contribution in [0.5, 0.6) is 0 Å². The van der Waals surface area contributed by atoms with Crippen LogP contribution in [0.4, 0.5) is 5.69 Å². The summed E-state index contributed by atoms with van der Waals surface area (Å²) in [5, 5.41) is 7.23. The van der Waals surface area contributed by atoms with Crippen molar-refractivity contribution in [3.63, 3.8) is 0 Å². The molecule has 0 aliphatic carbocycles. The quantitative estimate of drug-likeness (QED) is 0.596. The van der Waals surface area contributed by atoms with Gasteiger partial charge in [-0.25, -0.2) is 0 Å². The van der Waals surface area contributed by atoms with Crippen molar-refractivity contribution < 1.29 is 0 Å². The summed E-state index contributed by atoms with van der Waals surface area (Å²) in [7, 11) is 0. The highest BCUT2D eigenvalue weighted by Crippen LogP contribution is 2.31. The van der Waals surface area contributed by atoms with Gasteiger partial charge in [-0.2, -0.15) is 0 Å². The Balaban J connectivity index is 1.95. The number of benzene rings is 3. The minimum Gasteiger partial charge on any atom is -0.377 e. The summed E-state index contributed by atoms with van der Waals surface area (Å²) in [5.74, 6) is 0. The highest BCUT2D eigenvalue weighted by Gasteiger charge is 2.10. The Hall–Kier alpha value is -1.70. The molecule has 0 aliphatic rings. The van der Waals surface area contributed by atoms with E-state index in [1.165, 1.54) is 16.3 Å². The van der Waals surface area contributed by atoms with Crippen LogP contribution in [0.2, 0.25) is 10.0 Å². The SMILES string of the molecule is CC(Nc1ccc(Cl)cc1Cl)c1cccc2ccccc12. The molecule has 3 heteroatoms. The molecule has 1 N–H and O–H groups in total. The molecular formula is C18H15Cl2N. The lowest BCUT2D eigenvalue weighted by atomic mass is 9.99. The van der Waals surface area contributed by atoms with Gasteiger partial charge in [-0.05, 0) is 41.5 Å². The number of anilines is 1. The average molecular weight is 316 g/mol. The Bertz CT molecular complexity index is 778. The van der Waals surface area contributed by atoms with Gasteiger partial charge in [0.1, 0.15) is 0 Å². The van der Waals surface area contributed by atoms with Crippen LogP contribution in [0.3, 0.4) is 0 Å². The molecule has 0 saturated carbocycles. The van der Waals surface area contributed by atoms with Gasteiger partial charge < -0.3 is 5.32 Å². The molecule has 0 saturated heterocycles. The molecule has 1 atom stereocenters. The van der Waals surface area contributed by atoms with Crippen molar-refractivity contribution in [3.8, 4) is 0 Å². The summed E-state index contributed by atoms with van der Waals surface area (Å²) >= 11 is 12.2. The Labute approximate surface area is 134 Å². The second-order valence-corrected chi connectivity index (χ2v) is 5.90. The van der Waals surface area contributed by atoms with E-state index >= 15 is 0 Å². The smallest absolute Gasteiger partial charge is 0.0652 e. The van der Waals surface area contributed by atoms with E-state index in [0.29, 0.717) is 10.0 Å². The topological polar surface area (TPSA) is 12.0 Å². The number of halogens is 2. The summed E-state index contributed by atoms with van der Waals surface area (Å²) in [4.78, 5) is 0. The molecule has 21 heavy (non-hydrogen) atoms. The van der Waals surface area contributed by atoms with Crippen molar-refractivity contribution >= 4 is 39.7 Å². The first-order valence-corrected chi connectivity index (χ1v) is 7.60. The van der Waals surface area contributed by atoms with Gasteiger partial charge in [0.05, 0.1) is 10.7 Å². The van der Waals surface area contributed by atoms with Gasteiger partial charge in [0.2, 0.25) is 0 Å². The van der Waals surface area contributed by atoms with E-state index in [1.54, 1.807) is 6.07 Å². The molecule has 3 aromatic rings. The summed E-state index contributed by atoms with van der Waals surface area (Å²) in [6.07, 6.45) is 0. The van der Waals surface area contributed by atoms with E-state index in [9.17, 15) is 0 Å². The molecule has 0 fully saturated rings. The zero-order valence-electron chi connectivity index (χ0n) is 11.6. The normalized spacial score (nSPS) is 12.3. The minimum absolute atomic E-state index is 0.148. The number of fused-ring (bicyclic) bond motifs is 1. The first-order valence-electron chi connectivity index (χ1n) is 6.84. The fourth-order valence-corrected chi connectivity index (χ4v) is 3.01. The zero-order valence-corrected chi connectivity index (χ0v) is 13.1. The Kier molecular flexibility index (Phi) is 4.05. The first kappa shape index (κ1) is 14.2. The number of nitrogens with one attached hydrogen (secondary N) is 1. The van der Waals surface area contributed by atoms with Crippen LogP contribution in [0.25, 0.3) is 10.8 Å². The highest BCUT2D eigenvalue weighted by molar-refractivity contribution is 6.36. The maximum atomic E-state index is 6.23. The van der Waals surface area contributed by atoms with E-state index < -0.39 is 0 Å². The van der Waals surface area contributed by atoms with Crippen LogP contribution in [0.1, 0.15) is 18.5 Å². The summed E-state index contributed by atoms with van der Waals surface area (Å²) in [6, 6.07) is 20.4. The Morgan fingerprint density at radius 1 is 0.905 bits per heavy atom. The van der Waals surface area contributed by atoms with Gasteiger partial charge in [-0.1, -0.05) is 65.7 Å². The molecule has 0 radical (unpaired) electrons. The highest BCUT2D eigenvalue weighted by atomic mass is 35.5. The predicted molar refractivity (Wildman–Crippen MR) is 92.4 cm³/mol. The first-order chi connectivity index (χ1) is 10.1. The van der Waals surface area contributed by atoms with Crippen LogP contribution in [-0.2, 0) is 0 Å². The lowest BCUT2D eigenvalue weighted by molar-refractivity contribution is 0.895. The maximum Gasteiger partial charge on any atom is 0.0652 e. The monoisotopic (exact) mass is 315 g/mol.